The first-order valence-corrected chi connectivity index (χ1v) is 5.37. The van der Waals surface area contributed by atoms with Gasteiger partial charge < -0.3 is 15.3 Å². The molecule has 0 saturated heterocycles. The fourth-order valence-corrected chi connectivity index (χ4v) is 1.47. The lowest BCUT2D eigenvalue weighted by atomic mass is 10.1. The van der Waals surface area contributed by atoms with Crippen LogP contribution in [0.1, 0.15) is 27.2 Å². The zero-order valence-corrected chi connectivity index (χ0v) is 10.5. The van der Waals surface area contributed by atoms with Crippen LogP contribution in [-0.4, -0.2) is 48.7 Å². The molecule has 4 nitrogen and oxygen atoms in total. The van der Waals surface area contributed by atoms with Gasteiger partial charge in [-0.15, -0.1) is 0 Å². The highest BCUT2D eigenvalue weighted by atomic mass is 16.3. The molecule has 1 unspecified atom stereocenters. The van der Waals surface area contributed by atoms with E-state index in [1.165, 1.54) is 0 Å². The summed E-state index contributed by atoms with van der Waals surface area (Å²) in [7, 11) is 3.79. The Kier molecular flexibility index (Phi) is 5.83. The topological polar surface area (TPSA) is 52.6 Å². The minimum Gasteiger partial charge on any atom is -0.387 e. The van der Waals surface area contributed by atoms with E-state index in [2.05, 4.69) is 5.32 Å². The molecule has 0 saturated carbocycles. The van der Waals surface area contributed by atoms with E-state index in [9.17, 15) is 9.90 Å². The predicted octanol–water partition coefficient (Wildman–Crippen LogP) is 0.461. The number of rotatable bonds is 6. The summed E-state index contributed by atoms with van der Waals surface area (Å²) in [5, 5.41) is 12.7. The Hall–Kier alpha value is -0.610. The SMILES string of the molecule is CC(C)CC(=O)NCC(C)(O)CN(C)C. The molecule has 15 heavy (non-hydrogen) atoms. The van der Waals surface area contributed by atoms with Crippen molar-refractivity contribution in [3.8, 4) is 0 Å². The molecule has 0 aliphatic rings. The summed E-state index contributed by atoms with van der Waals surface area (Å²) in [6.45, 7) is 6.56. The molecular formula is C11H24N2O2. The zero-order chi connectivity index (χ0) is 12.1. The molecule has 0 aromatic carbocycles. The molecule has 0 aliphatic heterocycles. The normalized spacial score (nSPS) is 15.5. The summed E-state index contributed by atoms with van der Waals surface area (Å²) in [5.74, 6) is 0.354. The second-order valence-electron chi connectivity index (χ2n) is 5.11. The summed E-state index contributed by atoms with van der Waals surface area (Å²) in [6, 6.07) is 0. The van der Waals surface area contributed by atoms with Crippen molar-refractivity contribution in [3.05, 3.63) is 0 Å². The van der Waals surface area contributed by atoms with Gasteiger partial charge in [-0.1, -0.05) is 13.8 Å². The van der Waals surface area contributed by atoms with Crippen LogP contribution in [0.25, 0.3) is 0 Å². The Balaban J connectivity index is 3.87. The number of nitrogens with zero attached hydrogens (tertiary/aromatic N) is 1. The van der Waals surface area contributed by atoms with Crippen molar-refractivity contribution in [2.75, 3.05) is 27.2 Å². The van der Waals surface area contributed by atoms with Crippen molar-refractivity contribution in [1.29, 1.82) is 0 Å². The van der Waals surface area contributed by atoms with Gasteiger partial charge in [0.1, 0.15) is 0 Å². The van der Waals surface area contributed by atoms with E-state index < -0.39 is 5.60 Å². The Bertz CT molecular complexity index is 201. The molecule has 2 N–H and O–H groups in total. The third kappa shape index (κ3) is 8.39. The van der Waals surface area contributed by atoms with Gasteiger partial charge in [-0.25, -0.2) is 0 Å². The van der Waals surface area contributed by atoms with Crippen LogP contribution < -0.4 is 5.32 Å². The van der Waals surface area contributed by atoms with Crippen molar-refractivity contribution < 1.29 is 9.90 Å². The van der Waals surface area contributed by atoms with E-state index in [-0.39, 0.29) is 5.91 Å². The second kappa shape index (κ2) is 6.08. The molecular weight excluding hydrogens is 192 g/mol. The van der Waals surface area contributed by atoms with E-state index in [0.717, 1.165) is 0 Å². The largest absolute Gasteiger partial charge is 0.387 e. The first kappa shape index (κ1) is 14.4. The molecule has 0 rings (SSSR count). The number of aliphatic hydroxyl groups is 1. The van der Waals surface area contributed by atoms with Gasteiger partial charge >= 0.3 is 0 Å². The first-order chi connectivity index (χ1) is 6.73. The molecule has 0 spiro atoms. The highest BCUT2D eigenvalue weighted by Crippen LogP contribution is 2.04. The van der Waals surface area contributed by atoms with Crippen molar-refractivity contribution in [1.82, 2.24) is 10.2 Å². The number of amides is 1. The van der Waals surface area contributed by atoms with Crippen molar-refractivity contribution in [3.63, 3.8) is 0 Å². The van der Waals surface area contributed by atoms with Crippen LogP contribution in [0.15, 0.2) is 0 Å². The maximum Gasteiger partial charge on any atom is 0.220 e. The summed E-state index contributed by atoms with van der Waals surface area (Å²) in [4.78, 5) is 13.2. The molecule has 4 heteroatoms. The lowest BCUT2D eigenvalue weighted by Crippen LogP contribution is -2.47. The average Bonchev–Trinajstić information content (AvgIpc) is 1.97. The molecule has 1 atom stereocenters. The Morgan fingerprint density at radius 1 is 1.47 bits per heavy atom. The quantitative estimate of drug-likeness (QED) is 0.678. The Morgan fingerprint density at radius 3 is 2.40 bits per heavy atom. The highest BCUT2D eigenvalue weighted by molar-refractivity contribution is 5.76. The average molecular weight is 216 g/mol. The molecule has 0 heterocycles. The third-order valence-corrected chi connectivity index (χ3v) is 1.92. The smallest absolute Gasteiger partial charge is 0.220 e. The molecule has 0 radical (unpaired) electrons. The van der Waals surface area contributed by atoms with Crippen LogP contribution in [-0.2, 0) is 4.79 Å². The predicted molar refractivity (Wildman–Crippen MR) is 61.6 cm³/mol. The zero-order valence-electron chi connectivity index (χ0n) is 10.5. The van der Waals surface area contributed by atoms with E-state index >= 15 is 0 Å². The van der Waals surface area contributed by atoms with Gasteiger partial charge in [0.2, 0.25) is 5.91 Å². The molecule has 90 valence electrons. The minimum atomic E-state index is -0.865. The number of carbonyl (C=O) groups is 1. The van der Waals surface area contributed by atoms with Gasteiger partial charge in [0.15, 0.2) is 0 Å². The summed E-state index contributed by atoms with van der Waals surface area (Å²) in [5.41, 5.74) is -0.865. The second-order valence-corrected chi connectivity index (χ2v) is 5.11. The van der Waals surface area contributed by atoms with Crippen LogP contribution in [0.2, 0.25) is 0 Å². The van der Waals surface area contributed by atoms with Gasteiger partial charge in [-0.2, -0.15) is 0 Å². The van der Waals surface area contributed by atoms with Crippen molar-refractivity contribution >= 4 is 5.91 Å². The van der Waals surface area contributed by atoms with E-state index in [4.69, 9.17) is 0 Å². The molecule has 0 bridgehead atoms. The third-order valence-electron chi connectivity index (χ3n) is 1.92. The fourth-order valence-electron chi connectivity index (χ4n) is 1.47. The standard InChI is InChI=1S/C11H24N2O2/c1-9(2)6-10(14)12-7-11(3,15)8-13(4)5/h9,15H,6-8H2,1-5H3,(H,12,14). The number of likely N-dealkylation sites (N-methyl/N-ethyl adjacent to an activating group) is 1. The first-order valence-electron chi connectivity index (χ1n) is 5.37. The molecule has 0 aromatic rings. The molecule has 0 fully saturated rings. The number of nitrogens with one attached hydrogen (secondary N) is 1. The van der Waals surface area contributed by atoms with Crippen LogP contribution in [0.4, 0.5) is 0 Å². The lowest BCUT2D eigenvalue weighted by Gasteiger charge is -2.27. The van der Waals surface area contributed by atoms with Crippen LogP contribution in [0, 0.1) is 5.92 Å². The highest BCUT2D eigenvalue weighted by Gasteiger charge is 2.21. The van der Waals surface area contributed by atoms with Gasteiger partial charge in [0.25, 0.3) is 0 Å². The number of hydrogen-bond acceptors (Lipinski definition) is 3. The number of hydrogen-bond donors (Lipinski definition) is 2. The van der Waals surface area contributed by atoms with Gasteiger partial charge in [-0.05, 0) is 26.9 Å². The molecule has 1 amide bonds. The fraction of sp³-hybridized carbons (Fsp3) is 0.909. The Morgan fingerprint density at radius 2 is 2.00 bits per heavy atom. The van der Waals surface area contributed by atoms with Gasteiger partial charge in [0.05, 0.1) is 5.60 Å². The van der Waals surface area contributed by atoms with Gasteiger partial charge in [0, 0.05) is 19.5 Å². The summed E-state index contributed by atoms with van der Waals surface area (Å²) < 4.78 is 0. The molecule has 0 aliphatic carbocycles. The van der Waals surface area contributed by atoms with Crippen LogP contribution >= 0.6 is 0 Å². The monoisotopic (exact) mass is 216 g/mol. The van der Waals surface area contributed by atoms with E-state index in [1.807, 2.05) is 32.8 Å². The number of carbonyl (C=O) groups excluding carboxylic acids is 1. The maximum atomic E-state index is 11.4. The minimum absolute atomic E-state index is 0.00373. The molecule has 0 aromatic heterocycles. The Labute approximate surface area is 92.7 Å². The summed E-state index contributed by atoms with van der Waals surface area (Å²) in [6.07, 6.45) is 0.512. The van der Waals surface area contributed by atoms with Crippen LogP contribution in [0.5, 0.6) is 0 Å². The van der Waals surface area contributed by atoms with E-state index in [0.29, 0.717) is 25.4 Å². The van der Waals surface area contributed by atoms with Gasteiger partial charge in [-0.3, -0.25) is 4.79 Å². The van der Waals surface area contributed by atoms with Crippen LogP contribution in [0.3, 0.4) is 0 Å². The van der Waals surface area contributed by atoms with E-state index in [1.54, 1.807) is 6.92 Å². The van der Waals surface area contributed by atoms with Crippen molar-refractivity contribution in [2.24, 2.45) is 5.92 Å². The van der Waals surface area contributed by atoms with Crippen molar-refractivity contribution in [2.45, 2.75) is 32.8 Å². The summed E-state index contributed by atoms with van der Waals surface area (Å²) >= 11 is 0. The lowest BCUT2D eigenvalue weighted by molar-refractivity contribution is -0.123. The maximum absolute atomic E-state index is 11.4.